The van der Waals surface area contributed by atoms with Crippen molar-refractivity contribution in [1.29, 1.82) is 0 Å². The highest BCUT2D eigenvalue weighted by molar-refractivity contribution is 5.83. The number of hydrogen-bond acceptors (Lipinski definition) is 2. The van der Waals surface area contributed by atoms with Gasteiger partial charge in [0.2, 0.25) is 0 Å². The molecular weight excluding hydrogens is 244 g/mol. The summed E-state index contributed by atoms with van der Waals surface area (Å²) in [6.07, 6.45) is 5.83. The molecule has 5 atom stereocenters. The second kappa shape index (κ2) is 3.87. The van der Waals surface area contributed by atoms with E-state index in [9.17, 15) is 9.59 Å². The first-order chi connectivity index (χ1) is 9.15. The van der Waals surface area contributed by atoms with Crippen molar-refractivity contribution in [2.24, 2.45) is 29.6 Å². The summed E-state index contributed by atoms with van der Waals surface area (Å²) >= 11 is 0. The molecule has 104 valence electrons. The lowest BCUT2D eigenvalue weighted by molar-refractivity contribution is -0.139. The van der Waals surface area contributed by atoms with Crippen molar-refractivity contribution in [3.63, 3.8) is 0 Å². The summed E-state index contributed by atoms with van der Waals surface area (Å²) in [6.45, 7) is 0. The van der Waals surface area contributed by atoms with Crippen LogP contribution >= 0.6 is 0 Å². The van der Waals surface area contributed by atoms with E-state index in [1.54, 1.807) is 0 Å². The van der Waals surface area contributed by atoms with Crippen LogP contribution in [-0.2, 0) is 4.79 Å². The number of urea groups is 1. The Morgan fingerprint density at radius 1 is 1.05 bits per heavy atom. The number of nitrogens with one attached hydrogen (secondary N) is 2. The van der Waals surface area contributed by atoms with Gasteiger partial charge in [0.15, 0.2) is 0 Å². The lowest BCUT2D eigenvalue weighted by Crippen LogP contribution is -2.48. The van der Waals surface area contributed by atoms with Gasteiger partial charge < -0.3 is 15.7 Å². The van der Waals surface area contributed by atoms with Crippen LogP contribution in [0.3, 0.4) is 0 Å². The zero-order valence-corrected chi connectivity index (χ0v) is 10.8. The first-order valence-corrected chi connectivity index (χ1v) is 7.45. The predicted molar refractivity (Wildman–Crippen MR) is 67.4 cm³/mol. The highest BCUT2D eigenvalue weighted by Gasteiger charge is 2.65. The molecule has 0 aromatic carbocycles. The first kappa shape index (κ1) is 11.6. The summed E-state index contributed by atoms with van der Waals surface area (Å²) in [4.78, 5) is 23.0. The van der Waals surface area contributed by atoms with Crippen molar-refractivity contribution in [2.75, 3.05) is 0 Å². The Bertz CT molecular complexity index is 418. The van der Waals surface area contributed by atoms with Gasteiger partial charge in [-0.25, -0.2) is 9.59 Å². The van der Waals surface area contributed by atoms with E-state index >= 15 is 0 Å². The summed E-state index contributed by atoms with van der Waals surface area (Å²) in [5.41, 5.74) is 0. The molecule has 4 saturated carbocycles. The highest BCUT2D eigenvalue weighted by Crippen LogP contribution is 2.65. The minimum Gasteiger partial charge on any atom is -0.480 e. The van der Waals surface area contributed by atoms with Gasteiger partial charge in [0.05, 0.1) is 0 Å². The molecule has 5 nitrogen and oxygen atoms in total. The molecule has 5 unspecified atom stereocenters. The monoisotopic (exact) mass is 264 g/mol. The van der Waals surface area contributed by atoms with Gasteiger partial charge in [-0.05, 0) is 61.7 Å². The van der Waals surface area contributed by atoms with Gasteiger partial charge in [-0.2, -0.15) is 0 Å². The largest absolute Gasteiger partial charge is 0.480 e. The fourth-order valence-electron chi connectivity index (χ4n) is 4.66. The number of aliphatic carboxylic acids is 1. The molecule has 19 heavy (non-hydrogen) atoms. The molecule has 2 amide bonds. The Morgan fingerprint density at radius 3 is 2.21 bits per heavy atom. The maximum Gasteiger partial charge on any atom is 0.326 e. The van der Waals surface area contributed by atoms with Crippen molar-refractivity contribution >= 4 is 12.0 Å². The van der Waals surface area contributed by atoms with E-state index in [0.29, 0.717) is 17.9 Å². The maximum atomic E-state index is 11.9. The number of rotatable bonds is 4. The summed E-state index contributed by atoms with van der Waals surface area (Å²) < 4.78 is 0. The number of fused-ring (bicyclic) bond motifs is 5. The summed E-state index contributed by atoms with van der Waals surface area (Å²) in [7, 11) is 0. The van der Waals surface area contributed by atoms with Crippen LogP contribution in [0, 0.1) is 29.6 Å². The SMILES string of the molecule is O=C(NC(C(=O)O)C1CC1)NC1C2C3CCC(C3)C12. The molecule has 0 radical (unpaired) electrons. The lowest BCUT2D eigenvalue weighted by Gasteiger charge is -2.16. The minimum absolute atomic E-state index is 0.137. The van der Waals surface area contributed by atoms with Gasteiger partial charge in [-0.15, -0.1) is 0 Å². The number of hydrogen-bond donors (Lipinski definition) is 3. The minimum atomic E-state index is -0.909. The molecule has 0 aromatic heterocycles. The van der Waals surface area contributed by atoms with E-state index in [-0.39, 0.29) is 11.9 Å². The molecule has 0 spiro atoms. The maximum absolute atomic E-state index is 11.9. The van der Waals surface area contributed by atoms with Crippen LogP contribution < -0.4 is 10.6 Å². The number of carbonyl (C=O) groups is 2. The Morgan fingerprint density at radius 2 is 1.68 bits per heavy atom. The number of carboxylic acids is 1. The van der Waals surface area contributed by atoms with Crippen molar-refractivity contribution in [1.82, 2.24) is 10.6 Å². The molecule has 5 heteroatoms. The average Bonchev–Trinajstić information content (AvgIpc) is 3.25. The smallest absolute Gasteiger partial charge is 0.326 e. The molecule has 2 bridgehead atoms. The van der Waals surface area contributed by atoms with Crippen LogP contribution in [0.25, 0.3) is 0 Å². The zero-order valence-electron chi connectivity index (χ0n) is 10.8. The third-order valence-corrected chi connectivity index (χ3v) is 5.68. The van der Waals surface area contributed by atoms with E-state index in [2.05, 4.69) is 10.6 Å². The van der Waals surface area contributed by atoms with E-state index in [1.807, 2.05) is 0 Å². The van der Waals surface area contributed by atoms with E-state index in [0.717, 1.165) is 24.7 Å². The third-order valence-electron chi connectivity index (χ3n) is 5.68. The van der Waals surface area contributed by atoms with Crippen molar-refractivity contribution in [2.45, 2.75) is 44.2 Å². The molecule has 4 aliphatic carbocycles. The van der Waals surface area contributed by atoms with Crippen LogP contribution in [-0.4, -0.2) is 29.2 Å². The molecule has 0 aliphatic heterocycles. The fourth-order valence-corrected chi connectivity index (χ4v) is 4.66. The molecule has 4 aliphatic rings. The standard InChI is InChI=1S/C14H20N2O3/c17-13(18)11(6-1-2-6)15-14(19)16-12-9-7-3-4-8(5-7)10(9)12/h6-12H,1-5H2,(H,17,18)(H2,15,16,19). The Kier molecular flexibility index (Phi) is 2.35. The molecule has 0 heterocycles. The van der Waals surface area contributed by atoms with Crippen LogP contribution in [0.1, 0.15) is 32.1 Å². The van der Waals surface area contributed by atoms with Crippen molar-refractivity contribution in [3.8, 4) is 0 Å². The molecule has 4 fully saturated rings. The van der Waals surface area contributed by atoms with Crippen molar-refractivity contribution in [3.05, 3.63) is 0 Å². The van der Waals surface area contributed by atoms with Gasteiger partial charge in [-0.3, -0.25) is 0 Å². The van der Waals surface area contributed by atoms with Crippen LogP contribution in [0.2, 0.25) is 0 Å². The Labute approximate surface area is 112 Å². The molecular formula is C14H20N2O3. The van der Waals surface area contributed by atoms with Gasteiger partial charge >= 0.3 is 12.0 Å². The van der Waals surface area contributed by atoms with Crippen LogP contribution in [0.5, 0.6) is 0 Å². The molecule has 0 aromatic rings. The van der Waals surface area contributed by atoms with Gasteiger partial charge in [0, 0.05) is 6.04 Å². The average molecular weight is 264 g/mol. The first-order valence-electron chi connectivity index (χ1n) is 7.45. The van der Waals surface area contributed by atoms with Crippen LogP contribution in [0.15, 0.2) is 0 Å². The Hall–Kier alpha value is -1.26. The summed E-state index contributed by atoms with van der Waals surface area (Å²) in [5, 5.41) is 14.7. The van der Waals surface area contributed by atoms with Gasteiger partial charge in [-0.1, -0.05) is 0 Å². The Balaban J connectivity index is 1.32. The van der Waals surface area contributed by atoms with Gasteiger partial charge in [0.1, 0.15) is 6.04 Å². The molecule has 4 rings (SSSR count). The normalized spacial score (nSPS) is 43.5. The second-order valence-corrected chi connectivity index (χ2v) is 6.78. The quantitative estimate of drug-likeness (QED) is 0.713. The van der Waals surface area contributed by atoms with E-state index in [4.69, 9.17) is 5.11 Å². The topological polar surface area (TPSA) is 78.4 Å². The number of carbonyl (C=O) groups excluding carboxylic acids is 1. The third kappa shape index (κ3) is 1.82. The number of amides is 2. The summed E-state index contributed by atoms with van der Waals surface area (Å²) in [6, 6.07) is -0.659. The number of carboxylic acid groups (broad SMARTS) is 1. The summed E-state index contributed by atoms with van der Waals surface area (Å²) in [5.74, 6) is 2.24. The zero-order chi connectivity index (χ0) is 13.1. The van der Waals surface area contributed by atoms with E-state index in [1.165, 1.54) is 19.3 Å². The highest BCUT2D eigenvalue weighted by atomic mass is 16.4. The lowest BCUT2D eigenvalue weighted by atomic mass is 10.0. The van der Waals surface area contributed by atoms with E-state index < -0.39 is 12.0 Å². The fraction of sp³-hybridized carbons (Fsp3) is 0.857. The van der Waals surface area contributed by atoms with Crippen molar-refractivity contribution < 1.29 is 14.7 Å². The van der Waals surface area contributed by atoms with Crippen LogP contribution in [0.4, 0.5) is 4.79 Å². The second-order valence-electron chi connectivity index (χ2n) is 6.78. The van der Waals surface area contributed by atoms with Gasteiger partial charge in [0.25, 0.3) is 0 Å². The molecule has 3 N–H and O–H groups in total. The predicted octanol–water partition coefficient (Wildman–Crippen LogP) is 1.19. The molecule has 0 saturated heterocycles.